The number of nitrogen functional groups attached to an aromatic ring is 1. The maximum Gasteiger partial charge on any atom is 0.127 e. The summed E-state index contributed by atoms with van der Waals surface area (Å²) in [5, 5.41) is 0. The van der Waals surface area contributed by atoms with Gasteiger partial charge in [0.05, 0.1) is 0 Å². The lowest BCUT2D eigenvalue weighted by Gasteiger charge is -2.07. The van der Waals surface area contributed by atoms with Crippen LogP contribution in [0.1, 0.15) is 18.9 Å². The Morgan fingerprint density at radius 3 is 2.00 bits per heavy atom. The molecule has 3 nitrogen and oxygen atoms in total. The van der Waals surface area contributed by atoms with Crippen LogP contribution in [0.2, 0.25) is 0 Å². The van der Waals surface area contributed by atoms with Crippen molar-refractivity contribution in [3.63, 3.8) is 0 Å². The number of ether oxygens (including phenoxy) is 1. The average molecular weight is 242 g/mol. The van der Waals surface area contributed by atoms with Crippen molar-refractivity contribution in [2.45, 2.75) is 19.8 Å². The molecule has 2 aromatic rings. The van der Waals surface area contributed by atoms with Gasteiger partial charge in [-0.1, -0.05) is 25.5 Å². The first-order valence-corrected chi connectivity index (χ1v) is 6.15. The monoisotopic (exact) mass is 242 g/mol. The van der Waals surface area contributed by atoms with E-state index >= 15 is 0 Å². The summed E-state index contributed by atoms with van der Waals surface area (Å²) in [6, 6.07) is 15.7. The molecular weight excluding hydrogens is 224 g/mol. The van der Waals surface area contributed by atoms with Crippen molar-refractivity contribution >= 4 is 5.69 Å². The number of rotatable bonds is 5. The SMILES string of the molecule is CCCc1ccc(Oc2ccc(NN)cc2)cc1. The average Bonchev–Trinajstić information content (AvgIpc) is 2.42. The van der Waals surface area contributed by atoms with Gasteiger partial charge in [0.15, 0.2) is 0 Å². The molecule has 0 radical (unpaired) electrons. The van der Waals surface area contributed by atoms with Gasteiger partial charge in [-0.3, -0.25) is 5.84 Å². The summed E-state index contributed by atoms with van der Waals surface area (Å²) in [7, 11) is 0. The lowest BCUT2D eigenvalue weighted by atomic mass is 10.1. The summed E-state index contributed by atoms with van der Waals surface area (Å²) in [6.45, 7) is 2.18. The minimum Gasteiger partial charge on any atom is -0.457 e. The largest absolute Gasteiger partial charge is 0.457 e. The van der Waals surface area contributed by atoms with Gasteiger partial charge in [-0.05, 0) is 48.4 Å². The molecule has 94 valence electrons. The third kappa shape index (κ3) is 3.25. The van der Waals surface area contributed by atoms with Crippen LogP contribution in [0.4, 0.5) is 5.69 Å². The molecule has 0 aliphatic carbocycles. The highest BCUT2D eigenvalue weighted by atomic mass is 16.5. The topological polar surface area (TPSA) is 47.3 Å². The van der Waals surface area contributed by atoms with E-state index in [1.807, 2.05) is 36.4 Å². The molecule has 0 aliphatic rings. The second-order valence-corrected chi connectivity index (χ2v) is 4.16. The molecule has 0 saturated carbocycles. The first kappa shape index (κ1) is 12.5. The second-order valence-electron chi connectivity index (χ2n) is 4.16. The van der Waals surface area contributed by atoms with Crippen molar-refractivity contribution in [3.8, 4) is 11.5 Å². The van der Waals surface area contributed by atoms with E-state index in [1.54, 1.807) is 0 Å². The van der Waals surface area contributed by atoms with E-state index in [2.05, 4.69) is 24.5 Å². The third-order valence-corrected chi connectivity index (χ3v) is 2.72. The van der Waals surface area contributed by atoms with Gasteiger partial charge in [0.2, 0.25) is 0 Å². The summed E-state index contributed by atoms with van der Waals surface area (Å²) >= 11 is 0. The zero-order valence-corrected chi connectivity index (χ0v) is 10.5. The van der Waals surface area contributed by atoms with Gasteiger partial charge < -0.3 is 10.2 Å². The summed E-state index contributed by atoms with van der Waals surface area (Å²) in [5.41, 5.74) is 4.79. The molecule has 18 heavy (non-hydrogen) atoms. The summed E-state index contributed by atoms with van der Waals surface area (Å²) in [4.78, 5) is 0. The lowest BCUT2D eigenvalue weighted by molar-refractivity contribution is 0.482. The standard InChI is InChI=1S/C15H18N2O/c1-2-3-12-4-8-14(9-5-12)18-15-10-6-13(17-16)7-11-15/h4-11,17H,2-3,16H2,1H3. The fourth-order valence-electron chi connectivity index (χ4n) is 1.77. The first-order chi connectivity index (χ1) is 8.81. The van der Waals surface area contributed by atoms with Crippen LogP contribution in [-0.4, -0.2) is 0 Å². The van der Waals surface area contributed by atoms with Crippen LogP contribution >= 0.6 is 0 Å². The molecule has 0 saturated heterocycles. The van der Waals surface area contributed by atoms with Crippen molar-refractivity contribution in [3.05, 3.63) is 54.1 Å². The van der Waals surface area contributed by atoms with E-state index in [1.165, 1.54) is 5.56 Å². The maximum atomic E-state index is 5.74. The minimum atomic E-state index is 0.803. The highest BCUT2D eigenvalue weighted by molar-refractivity contribution is 5.46. The van der Waals surface area contributed by atoms with E-state index < -0.39 is 0 Å². The molecule has 0 heterocycles. The maximum absolute atomic E-state index is 5.74. The molecular formula is C15H18N2O. The van der Waals surface area contributed by atoms with E-state index in [9.17, 15) is 0 Å². The Bertz CT molecular complexity index is 477. The van der Waals surface area contributed by atoms with Crippen molar-refractivity contribution in [2.24, 2.45) is 5.84 Å². The molecule has 0 unspecified atom stereocenters. The fourth-order valence-corrected chi connectivity index (χ4v) is 1.77. The first-order valence-electron chi connectivity index (χ1n) is 6.15. The number of aryl methyl sites for hydroxylation is 1. The molecule has 0 spiro atoms. The number of benzene rings is 2. The van der Waals surface area contributed by atoms with Gasteiger partial charge in [0, 0.05) is 5.69 Å². The number of hydrogen-bond donors (Lipinski definition) is 2. The van der Waals surface area contributed by atoms with Crippen LogP contribution in [0, 0.1) is 0 Å². The van der Waals surface area contributed by atoms with Crippen molar-refractivity contribution in [1.29, 1.82) is 0 Å². The smallest absolute Gasteiger partial charge is 0.127 e. The quantitative estimate of drug-likeness (QED) is 0.620. The lowest BCUT2D eigenvalue weighted by Crippen LogP contribution is -2.05. The molecule has 0 bridgehead atoms. The number of hydrazine groups is 1. The van der Waals surface area contributed by atoms with Crippen molar-refractivity contribution in [2.75, 3.05) is 5.43 Å². The molecule has 0 aliphatic heterocycles. The Labute approximate surface area is 108 Å². The Morgan fingerprint density at radius 1 is 0.944 bits per heavy atom. The van der Waals surface area contributed by atoms with Gasteiger partial charge in [-0.2, -0.15) is 0 Å². The molecule has 0 amide bonds. The molecule has 2 aromatic carbocycles. The van der Waals surface area contributed by atoms with E-state index in [4.69, 9.17) is 10.6 Å². The number of anilines is 1. The Kier molecular flexibility index (Phi) is 4.20. The fraction of sp³-hybridized carbons (Fsp3) is 0.200. The highest BCUT2D eigenvalue weighted by Gasteiger charge is 1.98. The Morgan fingerprint density at radius 2 is 1.50 bits per heavy atom. The van der Waals surface area contributed by atoms with Crippen LogP contribution in [0.5, 0.6) is 11.5 Å². The van der Waals surface area contributed by atoms with Crippen molar-refractivity contribution in [1.82, 2.24) is 0 Å². The second kappa shape index (κ2) is 6.07. The minimum absolute atomic E-state index is 0.803. The number of nitrogens with one attached hydrogen (secondary N) is 1. The van der Waals surface area contributed by atoms with Gasteiger partial charge in [0.25, 0.3) is 0 Å². The van der Waals surface area contributed by atoms with Crippen LogP contribution in [0.15, 0.2) is 48.5 Å². The summed E-state index contributed by atoms with van der Waals surface area (Å²) < 4.78 is 5.74. The third-order valence-electron chi connectivity index (χ3n) is 2.72. The van der Waals surface area contributed by atoms with E-state index in [0.717, 1.165) is 30.0 Å². The van der Waals surface area contributed by atoms with E-state index in [-0.39, 0.29) is 0 Å². The normalized spacial score (nSPS) is 10.1. The van der Waals surface area contributed by atoms with Crippen molar-refractivity contribution < 1.29 is 4.74 Å². The summed E-state index contributed by atoms with van der Waals surface area (Å²) in [6.07, 6.45) is 2.27. The van der Waals surface area contributed by atoms with E-state index in [0.29, 0.717) is 0 Å². The number of hydrogen-bond acceptors (Lipinski definition) is 3. The van der Waals surface area contributed by atoms with Crippen LogP contribution in [0.25, 0.3) is 0 Å². The Hall–Kier alpha value is -2.00. The predicted octanol–water partition coefficient (Wildman–Crippen LogP) is 3.72. The molecule has 3 N–H and O–H groups in total. The van der Waals surface area contributed by atoms with Gasteiger partial charge in [-0.25, -0.2) is 0 Å². The van der Waals surface area contributed by atoms with Crippen LogP contribution in [-0.2, 0) is 6.42 Å². The van der Waals surface area contributed by atoms with Crippen LogP contribution < -0.4 is 16.0 Å². The molecule has 0 atom stereocenters. The van der Waals surface area contributed by atoms with Crippen LogP contribution in [0.3, 0.4) is 0 Å². The zero-order chi connectivity index (χ0) is 12.8. The highest BCUT2D eigenvalue weighted by Crippen LogP contribution is 2.23. The molecule has 2 rings (SSSR count). The number of nitrogens with two attached hydrogens (primary N) is 1. The predicted molar refractivity (Wildman–Crippen MR) is 74.8 cm³/mol. The summed E-state index contributed by atoms with van der Waals surface area (Å²) in [5.74, 6) is 6.96. The van der Waals surface area contributed by atoms with Gasteiger partial charge >= 0.3 is 0 Å². The molecule has 3 heteroatoms. The Balaban J connectivity index is 2.03. The zero-order valence-electron chi connectivity index (χ0n) is 10.5. The van der Waals surface area contributed by atoms with Gasteiger partial charge in [0.1, 0.15) is 11.5 Å². The molecule has 0 fully saturated rings. The molecule has 0 aromatic heterocycles. The van der Waals surface area contributed by atoms with Gasteiger partial charge in [-0.15, -0.1) is 0 Å².